The molecule has 78 valence electrons. The Labute approximate surface area is 85.4 Å². The Kier molecular flexibility index (Phi) is 3.31. The molecule has 0 bridgehead atoms. The van der Waals surface area contributed by atoms with Gasteiger partial charge in [-0.25, -0.2) is 0 Å². The van der Waals surface area contributed by atoms with Crippen molar-refractivity contribution < 1.29 is 9.47 Å². The Morgan fingerprint density at radius 2 is 1.85 bits per heavy atom. The molecule has 13 heavy (non-hydrogen) atoms. The molecule has 0 aliphatic carbocycles. The van der Waals surface area contributed by atoms with Crippen LogP contribution in [0.5, 0.6) is 0 Å². The lowest BCUT2D eigenvalue weighted by Gasteiger charge is -2.43. The van der Waals surface area contributed by atoms with Crippen LogP contribution in [0.4, 0.5) is 0 Å². The molecule has 0 spiro atoms. The van der Waals surface area contributed by atoms with Gasteiger partial charge in [0.2, 0.25) is 0 Å². The highest BCUT2D eigenvalue weighted by atomic mass is 32.2. The smallest absolute Gasteiger partial charge is 0.175 e. The Hall–Kier alpha value is 0.270. The van der Waals surface area contributed by atoms with Gasteiger partial charge in [0.1, 0.15) is 0 Å². The van der Waals surface area contributed by atoms with Crippen molar-refractivity contribution in [2.24, 2.45) is 0 Å². The van der Waals surface area contributed by atoms with E-state index in [4.69, 9.17) is 9.47 Å². The molecule has 1 heterocycles. The second-order valence-electron chi connectivity index (χ2n) is 4.65. The first kappa shape index (κ1) is 11.3. The third-order valence-corrected chi connectivity index (χ3v) is 3.42. The van der Waals surface area contributed by atoms with Crippen LogP contribution in [0.15, 0.2) is 0 Å². The fourth-order valence-corrected chi connectivity index (χ4v) is 2.83. The molecule has 0 aromatic heterocycles. The number of thioether (sulfide) groups is 1. The molecule has 1 aliphatic heterocycles. The quantitative estimate of drug-likeness (QED) is 0.689. The molecule has 3 heteroatoms. The predicted octanol–water partition coefficient (Wildman–Crippen LogP) is 2.67. The fourth-order valence-electron chi connectivity index (χ4n) is 1.68. The minimum absolute atomic E-state index is 0.0629. The van der Waals surface area contributed by atoms with Crippen LogP contribution in [-0.4, -0.2) is 29.0 Å². The Morgan fingerprint density at radius 1 is 1.23 bits per heavy atom. The molecule has 0 amide bonds. The van der Waals surface area contributed by atoms with Gasteiger partial charge in [-0.15, -0.1) is 0 Å². The van der Waals surface area contributed by atoms with Gasteiger partial charge < -0.3 is 9.47 Å². The van der Waals surface area contributed by atoms with E-state index in [1.54, 1.807) is 0 Å². The molecule has 0 radical (unpaired) electrons. The van der Waals surface area contributed by atoms with E-state index in [1.165, 1.54) is 0 Å². The third kappa shape index (κ3) is 3.49. The maximum atomic E-state index is 5.93. The lowest BCUT2D eigenvalue weighted by molar-refractivity contribution is -0.270. The van der Waals surface area contributed by atoms with Crippen molar-refractivity contribution in [2.45, 2.75) is 52.1 Å². The molecule has 1 fully saturated rings. The Morgan fingerprint density at radius 3 is 2.31 bits per heavy atom. The maximum Gasteiger partial charge on any atom is 0.175 e. The van der Waals surface area contributed by atoms with E-state index >= 15 is 0 Å². The number of hydrogen-bond acceptors (Lipinski definition) is 3. The van der Waals surface area contributed by atoms with Crippen LogP contribution >= 0.6 is 11.8 Å². The van der Waals surface area contributed by atoms with Crippen molar-refractivity contribution in [2.75, 3.05) is 11.5 Å². The second-order valence-corrected chi connectivity index (χ2v) is 5.64. The number of rotatable bonds is 2. The zero-order chi connectivity index (χ0) is 10.1. The van der Waals surface area contributed by atoms with Gasteiger partial charge in [0.25, 0.3) is 0 Å². The first-order chi connectivity index (χ1) is 5.83. The monoisotopic (exact) mass is 204 g/mol. The van der Waals surface area contributed by atoms with Crippen molar-refractivity contribution in [3.8, 4) is 0 Å². The average Bonchev–Trinajstić information content (AvgIpc) is 1.79. The number of hydrogen-bond donors (Lipinski definition) is 0. The zero-order valence-electron chi connectivity index (χ0n) is 9.22. The van der Waals surface area contributed by atoms with Crippen LogP contribution in [0.1, 0.15) is 34.6 Å². The molecule has 1 unspecified atom stereocenters. The second kappa shape index (κ2) is 3.79. The van der Waals surface area contributed by atoms with E-state index in [2.05, 4.69) is 13.8 Å². The van der Waals surface area contributed by atoms with E-state index in [1.807, 2.05) is 32.5 Å². The molecule has 1 saturated heterocycles. The van der Waals surface area contributed by atoms with Crippen molar-refractivity contribution in [1.29, 1.82) is 0 Å². The minimum Gasteiger partial charge on any atom is -0.347 e. The summed E-state index contributed by atoms with van der Waals surface area (Å²) in [5.74, 6) is 1.57. The van der Waals surface area contributed by atoms with Gasteiger partial charge in [-0.2, -0.15) is 11.8 Å². The SMILES string of the molecule is CC(C)OC1(C)CSCC(C)(C)O1. The molecule has 0 N–H and O–H groups in total. The summed E-state index contributed by atoms with van der Waals surface area (Å²) in [7, 11) is 0. The topological polar surface area (TPSA) is 18.5 Å². The standard InChI is InChI=1S/C10H20O2S/c1-8(2)11-10(5)7-13-6-9(3,4)12-10/h8H,6-7H2,1-5H3. The van der Waals surface area contributed by atoms with Crippen molar-refractivity contribution in [3.63, 3.8) is 0 Å². The lowest BCUT2D eigenvalue weighted by Crippen LogP contribution is -2.49. The van der Waals surface area contributed by atoms with E-state index in [9.17, 15) is 0 Å². The van der Waals surface area contributed by atoms with Crippen LogP contribution in [0.3, 0.4) is 0 Å². The largest absolute Gasteiger partial charge is 0.347 e. The Bertz CT molecular complexity index is 180. The highest BCUT2D eigenvalue weighted by Gasteiger charge is 2.39. The van der Waals surface area contributed by atoms with Crippen LogP contribution in [0.25, 0.3) is 0 Å². The van der Waals surface area contributed by atoms with E-state index < -0.39 is 5.79 Å². The van der Waals surface area contributed by atoms with E-state index in [-0.39, 0.29) is 11.7 Å². The van der Waals surface area contributed by atoms with Gasteiger partial charge in [0, 0.05) is 11.5 Å². The first-order valence-corrected chi connectivity index (χ1v) is 5.94. The Balaban J connectivity index is 2.58. The lowest BCUT2D eigenvalue weighted by atomic mass is 10.1. The van der Waals surface area contributed by atoms with Gasteiger partial charge in [-0.3, -0.25) is 0 Å². The summed E-state index contributed by atoms with van der Waals surface area (Å²) in [6.07, 6.45) is 0.222. The molecule has 0 aromatic rings. The summed E-state index contributed by atoms with van der Waals surface area (Å²) in [6.45, 7) is 10.3. The van der Waals surface area contributed by atoms with Crippen LogP contribution < -0.4 is 0 Å². The third-order valence-electron chi connectivity index (χ3n) is 1.79. The molecule has 1 atom stereocenters. The highest BCUT2D eigenvalue weighted by Crippen LogP contribution is 2.34. The molecule has 0 saturated carbocycles. The average molecular weight is 204 g/mol. The molecular formula is C10H20O2S. The van der Waals surface area contributed by atoms with Crippen molar-refractivity contribution in [3.05, 3.63) is 0 Å². The van der Waals surface area contributed by atoms with Crippen LogP contribution in [0, 0.1) is 0 Å². The maximum absolute atomic E-state index is 5.93. The fraction of sp³-hybridized carbons (Fsp3) is 1.00. The molecular weight excluding hydrogens is 184 g/mol. The molecule has 0 aromatic carbocycles. The van der Waals surface area contributed by atoms with Gasteiger partial charge in [-0.05, 0) is 34.6 Å². The van der Waals surface area contributed by atoms with E-state index in [0.717, 1.165) is 11.5 Å². The molecule has 1 aliphatic rings. The van der Waals surface area contributed by atoms with E-state index in [0.29, 0.717) is 0 Å². The van der Waals surface area contributed by atoms with Gasteiger partial charge in [-0.1, -0.05) is 0 Å². The zero-order valence-corrected chi connectivity index (χ0v) is 10.0. The summed E-state index contributed by atoms with van der Waals surface area (Å²) < 4.78 is 11.7. The summed E-state index contributed by atoms with van der Waals surface area (Å²) in [5.41, 5.74) is -0.0629. The van der Waals surface area contributed by atoms with Gasteiger partial charge in [0.15, 0.2) is 5.79 Å². The normalized spacial score (nSPS) is 33.7. The summed E-state index contributed by atoms with van der Waals surface area (Å²) in [6, 6.07) is 0. The first-order valence-electron chi connectivity index (χ1n) is 4.79. The van der Waals surface area contributed by atoms with Gasteiger partial charge in [0.05, 0.1) is 11.7 Å². The minimum atomic E-state index is -0.402. The molecule has 1 rings (SSSR count). The summed E-state index contributed by atoms with van der Waals surface area (Å²) in [4.78, 5) is 0. The number of ether oxygens (including phenoxy) is 2. The predicted molar refractivity (Wildman–Crippen MR) is 57.1 cm³/mol. The van der Waals surface area contributed by atoms with Crippen LogP contribution in [0.2, 0.25) is 0 Å². The van der Waals surface area contributed by atoms with Crippen molar-refractivity contribution in [1.82, 2.24) is 0 Å². The summed E-state index contributed by atoms with van der Waals surface area (Å²) >= 11 is 1.90. The van der Waals surface area contributed by atoms with Crippen LogP contribution in [-0.2, 0) is 9.47 Å². The highest BCUT2D eigenvalue weighted by molar-refractivity contribution is 7.99. The van der Waals surface area contributed by atoms with Crippen molar-refractivity contribution >= 4 is 11.8 Å². The van der Waals surface area contributed by atoms with Gasteiger partial charge >= 0.3 is 0 Å². The summed E-state index contributed by atoms with van der Waals surface area (Å²) in [5, 5.41) is 0. The molecule has 2 nitrogen and oxygen atoms in total.